The van der Waals surface area contributed by atoms with E-state index >= 15 is 0 Å². The molecule has 1 atom stereocenters. The molecule has 0 saturated carbocycles. The van der Waals surface area contributed by atoms with Gasteiger partial charge in [0.1, 0.15) is 5.52 Å². The molecule has 0 aliphatic heterocycles. The van der Waals surface area contributed by atoms with E-state index in [0.717, 1.165) is 24.9 Å². The van der Waals surface area contributed by atoms with Crippen LogP contribution in [-0.2, 0) is 0 Å². The van der Waals surface area contributed by atoms with Gasteiger partial charge in [-0.25, -0.2) is 0 Å². The molecule has 2 rings (SSSR count). The zero-order valence-corrected chi connectivity index (χ0v) is 12.6. The Morgan fingerprint density at radius 1 is 1.40 bits per heavy atom. The summed E-state index contributed by atoms with van der Waals surface area (Å²) >= 11 is 0. The zero-order valence-electron chi connectivity index (χ0n) is 12.6. The highest BCUT2D eigenvalue weighted by atomic mass is 16.4. The van der Waals surface area contributed by atoms with Crippen molar-refractivity contribution in [3.63, 3.8) is 0 Å². The molecular formula is C16H22N2O2. The van der Waals surface area contributed by atoms with E-state index in [4.69, 9.17) is 4.42 Å². The number of carbonyl (C=O) groups excluding carboxylic acids is 1. The first-order valence-corrected chi connectivity index (χ1v) is 7.22. The van der Waals surface area contributed by atoms with Crippen LogP contribution in [0.2, 0.25) is 0 Å². The highest BCUT2D eigenvalue weighted by molar-refractivity contribution is 6.00. The fraction of sp³-hybridized carbons (Fsp3) is 0.500. The summed E-state index contributed by atoms with van der Waals surface area (Å²) in [6.45, 7) is 6.98. The average molecular weight is 274 g/mol. The van der Waals surface area contributed by atoms with Gasteiger partial charge in [0, 0.05) is 25.1 Å². The summed E-state index contributed by atoms with van der Waals surface area (Å²) in [4.78, 5) is 18.6. The standard InChI is InChI=1S/C16H22N2O2/c1-5-9-18(4)16-17-13-8-7-12(10-14(13)20-16)15(19)11(3)6-2/h7-8,10-11H,5-6,9H2,1-4H3. The first kappa shape index (κ1) is 14.6. The van der Waals surface area contributed by atoms with Crippen molar-refractivity contribution in [3.05, 3.63) is 23.8 Å². The first-order valence-electron chi connectivity index (χ1n) is 7.22. The van der Waals surface area contributed by atoms with Crippen LogP contribution in [0.4, 0.5) is 6.01 Å². The number of aromatic nitrogens is 1. The number of anilines is 1. The average Bonchev–Trinajstić information content (AvgIpc) is 2.88. The molecule has 0 fully saturated rings. The number of hydrogen-bond acceptors (Lipinski definition) is 4. The van der Waals surface area contributed by atoms with Crippen molar-refractivity contribution in [2.24, 2.45) is 5.92 Å². The van der Waals surface area contributed by atoms with Gasteiger partial charge in [-0.3, -0.25) is 4.79 Å². The third-order valence-corrected chi connectivity index (χ3v) is 3.61. The third-order valence-electron chi connectivity index (χ3n) is 3.61. The third kappa shape index (κ3) is 2.84. The molecule has 0 bridgehead atoms. The lowest BCUT2D eigenvalue weighted by Gasteiger charge is -2.11. The van der Waals surface area contributed by atoms with E-state index in [-0.39, 0.29) is 11.7 Å². The molecule has 2 aromatic rings. The van der Waals surface area contributed by atoms with Gasteiger partial charge in [0.05, 0.1) is 0 Å². The second kappa shape index (κ2) is 6.07. The van der Waals surface area contributed by atoms with E-state index in [1.807, 2.05) is 37.9 Å². The van der Waals surface area contributed by atoms with Gasteiger partial charge in [0.15, 0.2) is 11.4 Å². The van der Waals surface area contributed by atoms with E-state index in [1.54, 1.807) is 6.07 Å². The molecule has 0 aliphatic rings. The summed E-state index contributed by atoms with van der Waals surface area (Å²) in [6.07, 6.45) is 1.88. The molecule has 1 heterocycles. The van der Waals surface area contributed by atoms with Gasteiger partial charge in [0.25, 0.3) is 6.01 Å². The fourth-order valence-electron chi connectivity index (χ4n) is 2.13. The second-order valence-corrected chi connectivity index (χ2v) is 5.27. The van der Waals surface area contributed by atoms with Gasteiger partial charge in [-0.15, -0.1) is 0 Å². The van der Waals surface area contributed by atoms with Crippen molar-refractivity contribution in [1.82, 2.24) is 4.98 Å². The molecule has 0 aliphatic carbocycles. The minimum Gasteiger partial charge on any atom is -0.423 e. The number of benzene rings is 1. The molecule has 1 unspecified atom stereocenters. The van der Waals surface area contributed by atoms with Gasteiger partial charge in [-0.05, 0) is 31.0 Å². The number of nitrogens with zero attached hydrogens (tertiary/aromatic N) is 2. The summed E-state index contributed by atoms with van der Waals surface area (Å²) in [5.41, 5.74) is 2.17. The predicted octanol–water partition coefficient (Wildman–Crippen LogP) is 3.90. The molecule has 0 radical (unpaired) electrons. The van der Waals surface area contributed by atoms with Crippen molar-refractivity contribution < 1.29 is 9.21 Å². The molecule has 1 aromatic carbocycles. The normalized spacial score (nSPS) is 12.6. The van der Waals surface area contributed by atoms with Crippen LogP contribution >= 0.6 is 0 Å². The van der Waals surface area contributed by atoms with Crippen molar-refractivity contribution in [3.8, 4) is 0 Å². The molecule has 0 amide bonds. The molecule has 0 saturated heterocycles. The number of fused-ring (bicyclic) bond motifs is 1. The lowest BCUT2D eigenvalue weighted by Crippen LogP contribution is -2.17. The van der Waals surface area contributed by atoms with Crippen molar-refractivity contribution >= 4 is 22.9 Å². The fourth-order valence-corrected chi connectivity index (χ4v) is 2.13. The second-order valence-electron chi connectivity index (χ2n) is 5.27. The Morgan fingerprint density at radius 3 is 2.80 bits per heavy atom. The van der Waals surface area contributed by atoms with Gasteiger partial charge in [-0.1, -0.05) is 20.8 Å². The van der Waals surface area contributed by atoms with E-state index in [2.05, 4.69) is 11.9 Å². The minimum absolute atomic E-state index is 0.0395. The topological polar surface area (TPSA) is 46.3 Å². The number of hydrogen-bond donors (Lipinski definition) is 0. The Bertz CT molecular complexity index is 604. The zero-order chi connectivity index (χ0) is 14.7. The minimum atomic E-state index is 0.0395. The van der Waals surface area contributed by atoms with Crippen molar-refractivity contribution in [2.75, 3.05) is 18.5 Å². The Labute approximate surface area is 119 Å². The highest BCUT2D eigenvalue weighted by Crippen LogP contribution is 2.24. The van der Waals surface area contributed by atoms with Gasteiger partial charge in [0.2, 0.25) is 0 Å². The molecule has 1 aromatic heterocycles. The summed E-state index contributed by atoms with van der Waals surface area (Å²) in [5.74, 6) is 0.201. The Kier molecular flexibility index (Phi) is 4.42. The molecule has 0 spiro atoms. The quantitative estimate of drug-likeness (QED) is 0.749. The number of rotatable bonds is 6. The number of ketones is 1. The maximum atomic E-state index is 12.2. The van der Waals surface area contributed by atoms with Gasteiger partial charge >= 0.3 is 0 Å². The summed E-state index contributed by atoms with van der Waals surface area (Å²) in [6, 6.07) is 6.11. The van der Waals surface area contributed by atoms with Crippen LogP contribution in [0.1, 0.15) is 44.0 Å². The molecule has 4 heteroatoms. The molecule has 20 heavy (non-hydrogen) atoms. The number of carbonyl (C=O) groups is 1. The monoisotopic (exact) mass is 274 g/mol. The molecule has 108 valence electrons. The maximum absolute atomic E-state index is 12.2. The van der Waals surface area contributed by atoms with Crippen LogP contribution in [0, 0.1) is 5.92 Å². The molecular weight excluding hydrogens is 252 g/mol. The number of oxazole rings is 1. The Balaban J connectivity index is 2.32. The lowest BCUT2D eigenvalue weighted by molar-refractivity contribution is 0.0927. The van der Waals surface area contributed by atoms with E-state index in [1.165, 1.54) is 0 Å². The summed E-state index contributed by atoms with van der Waals surface area (Å²) in [5, 5.41) is 0. The molecule has 0 N–H and O–H groups in total. The van der Waals surface area contributed by atoms with E-state index in [9.17, 15) is 4.79 Å². The van der Waals surface area contributed by atoms with Crippen LogP contribution in [0.25, 0.3) is 11.1 Å². The number of Topliss-reactive ketones (excluding diaryl/α,β-unsaturated/α-hetero) is 1. The van der Waals surface area contributed by atoms with Crippen LogP contribution in [-0.4, -0.2) is 24.4 Å². The van der Waals surface area contributed by atoms with Crippen molar-refractivity contribution in [1.29, 1.82) is 0 Å². The highest BCUT2D eigenvalue weighted by Gasteiger charge is 2.16. The van der Waals surface area contributed by atoms with Crippen LogP contribution in [0.15, 0.2) is 22.6 Å². The van der Waals surface area contributed by atoms with Crippen molar-refractivity contribution in [2.45, 2.75) is 33.6 Å². The first-order chi connectivity index (χ1) is 9.56. The summed E-state index contributed by atoms with van der Waals surface area (Å²) < 4.78 is 5.75. The summed E-state index contributed by atoms with van der Waals surface area (Å²) in [7, 11) is 1.96. The SMILES string of the molecule is CCCN(C)c1nc2ccc(C(=O)C(C)CC)cc2o1. The lowest BCUT2D eigenvalue weighted by atomic mass is 9.97. The van der Waals surface area contributed by atoms with Crippen LogP contribution in [0.5, 0.6) is 0 Å². The van der Waals surface area contributed by atoms with E-state index in [0.29, 0.717) is 17.2 Å². The smallest absolute Gasteiger partial charge is 0.298 e. The van der Waals surface area contributed by atoms with E-state index < -0.39 is 0 Å². The predicted molar refractivity (Wildman–Crippen MR) is 81.4 cm³/mol. The Morgan fingerprint density at radius 2 is 2.15 bits per heavy atom. The van der Waals surface area contributed by atoms with Gasteiger partial charge < -0.3 is 9.32 Å². The van der Waals surface area contributed by atoms with Gasteiger partial charge in [-0.2, -0.15) is 4.98 Å². The van der Waals surface area contributed by atoms with Crippen LogP contribution in [0.3, 0.4) is 0 Å². The maximum Gasteiger partial charge on any atom is 0.298 e. The molecule has 4 nitrogen and oxygen atoms in total. The van der Waals surface area contributed by atoms with Crippen LogP contribution < -0.4 is 4.90 Å². The Hall–Kier alpha value is -1.84. The largest absolute Gasteiger partial charge is 0.423 e.